The van der Waals surface area contributed by atoms with Gasteiger partial charge in [0.05, 0.1) is 0 Å². The van der Waals surface area contributed by atoms with Crippen LogP contribution in [0.25, 0.3) is 0 Å². The highest BCUT2D eigenvalue weighted by molar-refractivity contribution is 6.66. The van der Waals surface area contributed by atoms with Crippen molar-refractivity contribution in [2.75, 3.05) is 0 Å². The van der Waals surface area contributed by atoms with Gasteiger partial charge in [-0.3, -0.25) is 0 Å². The van der Waals surface area contributed by atoms with Crippen molar-refractivity contribution in [2.45, 2.75) is 122 Å². The van der Waals surface area contributed by atoms with Gasteiger partial charge < -0.3 is 13.3 Å². The van der Waals surface area contributed by atoms with E-state index in [2.05, 4.69) is 18.7 Å². The molecule has 3 aliphatic rings. The summed E-state index contributed by atoms with van der Waals surface area (Å²) in [5.74, 6) is 0. The van der Waals surface area contributed by atoms with Gasteiger partial charge in [-0.1, -0.05) is 63.9 Å². The fourth-order valence-corrected chi connectivity index (χ4v) is 7.56. The van der Waals surface area contributed by atoms with E-state index in [1.807, 2.05) is 0 Å². The standard InChI is InChI=1S/C21H38O3Si/c1-2-18-25(22-19-12-6-3-7-13-19,23-20-14-8-4-9-15-20)24-21-16-10-5-11-17-21/h2,18-21H,3-17H2,1H3. The first-order valence-corrected chi connectivity index (χ1v) is 12.8. The molecule has 3 aliphatic carbocycles. The third-order valence-electron chi connectivity index (χ3n) is 6.02. The van der Waals surface area contributed by atoms with Crippen LogP contribution in [-0.2, 0) is 13.3 Å². The molecular formula is C21H38O3Si. The SMILES string of the molecule is CC=C[Si](OC1CCCCC1)(OC1CCCCC1)OC1CCCCC1. The van der Waals surface area contributed by atoms with Crippen LogP contribution in [0.1, 0.15) is 103 Å². The molecule has 0 heterocycles. The Kier molecular flexibility index (Phi) is 8.03. The zero-order valence-electron chi connectivity index (χ0n) is 16.2. The van der Waals surface area contributed by atoms with Crippen LogP contribution in [0.4, 0.5) is 0 Å². The molecule has 0 N–H and O–H groups in total. The minimum absolute atomic E-state index is 0.337. The van der Waals surface area contributed by atoms with Gasteiger partial charge in [0.15, 0.2) is 0 Å². The predicted molar refractivity (Wildman–Crippen MR) is 104 cm³/mol. The molecular weight excluding hydrogens is 328 g/mol. The van der Waals surface area contributed by atoms with E-state index in [4.69, 9.17) is 13.3 Å². The second-order valence-corrected chi connectivity index (χ2v) is 10.5. The first-order chi connectivity index (χ1) is 12.3. The van der Waals surface area contributed by atoms with E-state index >= 15 is 0 Å². The van der Waals surface area contributed by atoms with E-state index in [0.29, 0.717) is 18.3 Å². The molecule has 0 amide bonds. The normalized spacial score (nSPS) is 25.6. The lowest BCUT2D eigenvalue weighted by Gasteiger charge is -2.39. The predicted octanol–water partition coefficient (Wildman–Crippen LogP) is 6.09. The van der Waals surface area contributed by atoms with Gasteiger partial charge >= 0.3 is 8.80 Å². The number of hydrogen-bond donors (Lipinski definition) is 0. The largest absolute Gasteiger partial charge is 0.530 e. The topological polar surface area (TPSA) is 27.7 Å². The molecule has 0 unspecified atom stereocenters. The Morgan fingerprint density at radius 3 is 1.16 bits per heavy atom. The Morgan fingerprint density at radius 2 is 0.880 bits per heavy atom. The van der Waals surface area contributed by atoms with Crippen LogP contribution < -0.4 is 0 Å². The van der Waals surface area contributed by atoms with Gasteiger partial charge in [0.2, 0.25) is 0 Å². The summed E-state index contributed by atoms with van der Waals surface area (Å²) in [6.07, 6.45) is 22.0. The maximum absolute atomic E-state index is 6.73. The molecule has 0 aromatic rings. The van der Waals surface area contributed by atoms with E-state index < -0.39 is 8.80 Å². The highest BCUT2D eigenvalue weighted by Crippen LogP contribution is 2.32. The molecule has 0 atom stereocenters. The number of hydrogen-bond acceptors (Lipinski definition) is 3. The van der Waals surface area contributed by atoms with Crippen molar-refractivity contribution in [3.63, 3.8) is 0 Å². The highest BCUT2D eigenvalue weighted by Gasteiger charge is 2.45. The molecule has 0 spiro atoms. The molecule has 3 rings (SSSR count). The summed E-state index contributed by atoms with van der Waals surface area (Å²) in [5.41, 5.74) is 2.19. The minimum Gasteiger partial charge on any atom is -0.367 e. The Bertz CT molecular complexity index is 344. The maximum atomic E-state index is 6.73. The van der Waals surface area contributed by atoms with Gasteiger partial charge in [-0.25, -0.2) is 0 Å². The van der Waals surface area contributed by atoms with Gasteiger partial charge in [0.25, 0.3) is 0 Å². The second-order valence-electron chi connectivity index (χ2n) is 8.24. The summed E-state index contributed by atoms with van der Waals surface area (Å²) in [6, 6.07) is 0. The molecule has 3 nitrogen and oxygen atoms in total. The molecule has 3 saturated carbocycles. The van der Waals surface area contributed by atoms with Crippen molar-refractivity contribution in [2.24, 2.45) is 0 Å². The first-order valence-electron chi connectivity index (χ1n) is 11.0. The van der Waals surface area contributed by atoms with Crippen LogP contribution in [-0.4, -0.2) is 27.1 Å². The summed E-state index contributed by atoms with van der Waals surface area (Å²) < 4.78 is 20.2. The van der Waals surface area contributed by atoms with E-state index in [-0.39, 0.29) is 0 Å². The van der Waals surface area contributed by atoms with Gasteiger partial charge in [-0.15, -0.1) is 0 Å². The van der Waals surface area contributed by atoms with Crippen molar-refractivity contribution < 1.29 is 13.3 Å². The lowest BCUT2D eigenvalue weighted by atomic mass is 9.98. The number of rotatable bonds is 7. The Morgan fingerprint density at radius 1 is 0.560 bits per heavy atom. The molecule has 25 heavy (non-hydrogen) atoms. The summed E-state index contributed by atoms with van der Waals surface area (Å²) in [7, 11) is -2.74. The fraction of sp³-hybridized carbons (Fsp3) is 0.905. The average Bonchev–Trinajstić information content (AvgIpc) is 2.64. The summed E-state index contributed by atoms with van der Waals surface area (Å²) in [6.45, 7) is 2.08. The third-order valence-corrected chi connectivity index (χ3v) is 8.75. The zero-order valence-corrected chi connectivity index (χ0v) is 17.2. The number of allylic oxidation sites excluding steroid dienone is 1. The van der Waals surface area contributed by atoms with Crippen molar-refractivity contribution in [3.05, 3.63) is 11.8 Å². The Labute approximate surface area is 155 Å². The molecule has 3 fully saturated rings. The van der Waals surface area contributed by atoms with Gasteiger partial charge in [-0.2, -0.15) is 0 Å². The second kappa shape index (κ2) is 10.2. The molecule has 0 radical (unpaired) electrons. The van der Waals surface area contributed by atoms with E-state index in [1.165, 1.54) is 96.3 Å². The van der Waals surface area contributed by atoms with Gasteiger partial charge in [0.1, 0.15) is 0 Å². The lowest BCUT2D eigenvalue weighted by Crippen LogP contribution is -2.52. The molecule has 144 valence electrons. The highest BCUT2D eigenvalue weighted by atomic mass is 28.4. The smallest absolute Gasteiger partial charge is 0.367 e. The summed E-state index contributed by atoms with van der Waals surface area (Å²) >= 11 is 0. The Balaban J connectivity index is 1.71. The lowest BCUT2D eigenvalue weighted by molar-refractivity contribution is -0.0320. The van der Waals surface area contributed by atoms with Crippen molar-refractivity contribution in [3.8, 4) is 0 Å². The van der Waals surface area contributed by atoms with E-state index in [9.17, 15) is 0 Å². The summed E-state index contributed by atoms with van der Waals surface area (Å²) in [5, 5.41) is 0. The van der Waals surface area contributed by atoms with Gasteiger partial charge in [0, 0.05) is 18.3 Å². The molecule has 0 aromatic carbocycles. The Hall–Kier alpha value is -0.163. The van der Waals surface area contributed by atoms with Crippen molar-refractivity contribution in [1.82, 2.24) is 0 Å². The van der Waals surface area contributed by atoms with Crippen LogP contribution in [0.2, 0.25) is 0 Å². The third kappa shape index (κ3) is 6.19. The molecule has 4 heteroatoms. The van der Waals surface area contributed by atoms with Crippen molar-refractivity contribution in [1.29, 1.82) is 0 Å². The van der Waals surface area contributed by atoms with Crippen LogP contribution in [0.15, 0.2) is 11.8 Å². The van der Waals surface area contributed by atoms with Crippen LogP contribution in [0, 0.1) is 0 Å². The van der Waals surface area contributed by atoms with Crippen LogP contribution in [0.5, 0.6) is 0 Å². The van der Waals surface area contributed by atoms with E-state index in [1.54, 1.807) is 0 Å². The molecule has 0 aliphatic heterocycles. The maximum Gasteiger partial charge on any atom is 0.530 e. The summed E-state index contributed by atoms with van der Waals surface area (Å²) in [4.78, 5) is 0. The molecule has 0 bridgehead atoms. The monoisotopic (exact) mass is 366 g/mol. The van der Waals surface area contributed by atoms with E-state index in [0.717, 1.165) is 0 Å². The zero-order chi connectivity index (χ0) is 17.4. The average molecular weight is 367 g/mol. The first kappa shape index (κ1) is 19.6. The van der Waals surface area contributed by atoms with Crippen LogP contribution >= 0.6 is 0 Å². The molecule has 0 saturated heterocycles. The van der Waals surface area contributed by atoms with Crippen LogP contribution in [0.3, 0.4) is 0 Å². The van der Waals surface area contributed by atoms with Gasteiger partial charge in [-0.05, 0) is 51.1 Å². The fourth-order valence-electron chi connectivity index (χ4n) is 4.65. The molecule has 0 aromatic heterocycles. The minimum atomic E-state index is -2.74. The quantitative estimate of drug-likeness (QED) is 0.510. The van der Waals surface area contributed by atoms with Crippen molar-refractivity contribution >= 4 is 8.80 Å².